The van der Waals surface area contributed by atoms with Crippen LogP contribution in [0.4, 0.5) is 4.79 Å². The third kappa shape index (κ3) is 7.41. The van der Waals surface area contributed by atoms with Crippen molar-refractivity contribution in [2.45, 2.75) is 38.3 Å². The maximum absolute atomic E-state index is 12.7. The van der Waals surface area contributed by atoms with E-state index in [9.17, 15) is 13.2 Å². The molecule has 0 heterocycles. The molecule has 0 aliphatic rings. The summed E-state index contributed by atoms with van der Waals surface area (Å²) in [7, 11) is -0.167. The molecule has 0 bridgehead atoms. The molecule has 7 nitrogen and oxygen atoms in total. The highest BCUT2D eigenvalue weighted by atomic mass is 35.5. The monoisotopic (exact) mass is 467 g/mol. The second kappa shape index (κ2) is 10.8. The summed E-state index contributed by atoms with van der Waals surface area (Å²) in [4.78, 5) is 16.2. The van der Waals surface area contributed by atoms with Gasteiger partial charge in [0.1, 0.15) is 10.6 Å². The molecule has 0 aliphatic heterocycles. The first-order chi connectivity index (χ1) is 14.5. The van der Waals surface area contributed by atoms with E-state index in [1.807, 2.05) is 32.8 Å². The normalized spacial score (nSPS) is 11.6. The number of carbonyl (C=O) groups excluding carboxylic acids is 1. The van der Waals surface area contributed by atoms with Crippen LogP contribution in [0.3, 0.4) is 0 Å². The SMILES string of the molecule is Cc1cccc(Cl)c1S(=O)(=O)Oc1ccc(CN(CCN(C)C)C(=O)NC(C)C)cc1. The van der Waals surface area contributed by atoms with E-state index in [-0.39, 0.29) is 27.7 Å². The molecule has 0 aromatic heterocycles. The van der Waals surface area contributed by atoms with E-state index in [0.717, 1.165) is 12.1 Å². The van der Waals surface area contributed by atoms with Crippen LogP contribution >= 0.6 is 11.6 Å². The molecule has 2 aromatic rings. The van der Waals surface area contributed by atoms with Crippen molar-refractivity contribution in [2.24, 2.45) is 0 Å². The molecular formula is C22H30ClN3O4S. The minimum Gasteiger partial charge on any atom is -0.379 e. The predicted molar refractivity (Wildman–Crippen MR) is 123 cm³/mol. The number of amides is 2. The molecule has 1 N–H and O–H groups in total. The van der Waals surface area contributed by atoms with E-state index in [1.165, 1.54) is 6.07 Å². The summed E-state index contributed by atoms with van der Waals surface area (Å²) in [6.07, 6.45) is 0. The molecule has 0 fully saturated rings. The Bertz CT molecular complexity index is 972. The fourth-order valence-corrected chi connectivity index (χ4v) is 4.61. The third-order valence-corrected chi connectivity index (χ3v) is 6.31. The van der Waals surface area contributed by atoms with Gasteiger partial charge in [-0.2, -0.15) is 8.42 Å². The van der Waals surface area contributed by atoms with E-state index in [2.05, 4.69) is 5.32 Å². The second-order valence-electron chi connectivity index (χ2n) is 7.90. The number of rotatable bonds is 9. The van der Waals surface area contributed by atoms with Crippen molar-refractivity contribution in [3.63, 3.8) is 0 Å². The van der Waals surface area contributed by atoms with Crippen molar-refractivity contribution in [1.82, 2.24) is 15.1 Å². The van der Waals surface area contributed by atoms with Crippen molar-refractivity contribution in [3.8, 4) is 5.75 Å². The summed E-state index contributed by atoms with van der Waals surface area (Å²) in [5, 5.41) is 3.03. The molecule has 0 saturated carbocycles. The number of nitrogens with zero attached hydrogens (tertiary/aromatic N) is 2. The van der Waals surface area contributed by atoms with Gasteiger partial charge in [0.05, 0.1) is 5.02 Å². The predicted octanol–water partition coefficient (Wildman–Crippen LogP) is 3.90. The Morgan fingerprint density at radius 1 is 1.10 bits per heavy atom. The van der Waals surface area contributed by atoms with Crippen LogP contribution in [0.15, 0.2) is 47.4 Å². The Balaban J connectivity index is 2.14. The first kappa shape index (κ1) is 25.0. The van der Waals surface area contributed by atoms with Gasteiger partial charge in [-0.1, -0.05) is 35.9 Å². The fraction of sp³-hybridized carbons (Fsp3) is 0.409. The quantitative estimate of drug-likeness (QED) is 0.566. The standard InChI is InChI=1S/C22H30ClN3O4S/c1-16(2)24-22(27)26(14-13-25(4)5)15-18-9-11-19(12-10-18)30-31(28,29)21-17(3)7-6-8-20(21)23/h6-12,16H,13-15H2,1-5H3,(H,24,27). The molecule has 170 valence electrons. The van der Waals surface area contributed by atoms with Crippen molar-refractivity contribution < 1.29 is 17.4 Å². The average molecular weight is 468 g/mol. The highest BCUT2D eigenvalue weighted by molar-refractivity contribution is 7.87. The van der Waals surface area contributed by atoms with Crippen LogP contribution in [-0.2, 0) is 16.7 Å². The van der Waals surface area contributed by atoms with Gasteiger partial charge in [0.25, 0.3) is 0 Å². The molecular weight excluding hydrogens is 438 g/mol. The van der Waals surface area contributed by atoms with Gasteiger partial charge in [-0.25, -0.2) is 4.79 Å². The summed E-state index contributed by atoms with van der Waals surface area (Å²) >= 11 is 6.07. The summed E-state index contributed by atoms with van der Waals surface area (Å²) in [5.74, 6) is 0.176. The van der Waals surface area contributed by atoms with E-state index in [1.54, 1.807) is 48.2 Å². The summed E-state index contributed by atoms with van der Waals surface area (Å²) in [6.45, 7) is 7.16. The molecule has 9 heteroatoms. The Kier molecular flexibility index (Phi) is 8.73. The number of aryl methyl sites for hydroxylation is 1. The molecule has 0 atom stereocenters. The first-order valence-corrected chi connectivity index (χ1v) is 11.8. The molecule has 2 rings (SSSR count). The minimum absolute atomic E-state index is 0.0311. The molecule has 0 saturated heterocycles. The van der Waals surface area contributed by atoms with E-state index >= 15 is 0 Å². The summed E-state index contributed by atoms with van der Waals surface area (Å²) < 4.78 is 30.6. The highest BCUT2D eigenvalue weighted by Crippen LogP contribution is 2.28. The Hall–Kier alpha value is -2.29. The van der Waals surface area contributed by atoms with Crippen LogP contribution in [-0.4, -0.2) is 57.5 Å². The molecule has 0 aliphatic carbocycles. The number of benzene rings is 2. The van der Waals surface area contributed by atoms with Gasteiger partial charge >= 0.3 is 16.1 Å². The van der Waals surface area contributed by atoms with Crippen molar-refractivity contribution >= 4 is 27.8 Å². The number of likely N-dealkylation sites (N-methyl/N-ethyl adjacent to an activating group) is 1. The van der Waals surface area contributed by atoms with Crippen molar-refractivity contribution in [2.75, 3.05) is 27.2 Å². The maximum atomic E-state index is 12.7. The molecule has 2 amide bonds. The molecule has 2 aromatic carbocycles. The van der Waals surface area contributed by atoms with Gasteiger partial charge in [-0.3, -0.25) is 0 Å². The van der Waals surface area contributed by atoms with Gasteiger partial charge in [-0.05, 0) is 64.2 Å². The number of hydrogen-bond donors (Lipinski definition) is 1. The zero-order valence-corrected chi connectivity index (χ0v) is 20.1. The smallest absolute Gasteiger partial charge is 0.340 e. The Labute approximate surface area is 190 Å². The van der Waals surface area contributed by atoms with Crippen LogP contribution in [0.25, 0.3) is 0 Å². The van der Waals surface area contributed by atoms with E-state index < -0.39 is 10.1 Å². The fourth-order valence-electron chi connectivity index (χ4n) is 2.88. The van der Waals surface area contributed by atoms with Gasteiger partial charge in [0, 0.05) is 25.7 Å². The van der Waals surface area contributed by atoms with E-state index in [0.29, 0.717) is 18.7 Å². The maximum Gasteiger partial charge on any atom is 0.340 e. The largest absolute Gasteiger partial charge is 0.379 e. The minimum atomic E-state index is -4.07. The molecule has 0 spiro atoms. The zero-order valence-electron chi connectivity index (χ0n) is 18.6. The second-order valence-corrected chi connectivity index (χ2v) is 9.79. The number of hydrogen-bond acceptors (Lipinski definition) is 5. The first-order valence-electron chi connectivity index (χ1n) is 9.98. The average Bonchev–Trinajstić information content (AvgIpc) is 2.65. The number of halogens is 1. The summed E-state index contributed by atoms with van der Waals surface area (Å²) in [6, 6.07) is 11.4. The third-order valence-electron chi connectivity index (χ3n) is 4.43. The lowest BCUT2D eigenvalue weighted by Crippen LogP contribution is -2.45. The van der Waals surface area contributed by atoms with Crippen LogP contribution in [0.1, 0.15) is 25.0 Å². The number of urea groups is 1. The van der Waals surface area contributed by atoms with Gasteiger partial charge in [0.2, 0.25) is 0 Å². The van der Waals surface area contributed by atoms with Crippen LogP contribution in [0.2, 0.25) is 5.02 Å². The topological polar surface area (TPSA) is 79.0 Å². The lowest BCUT2D eigenvalue weighted by molar-refractivity contribution is 0.186. The molecule has 0 unspecified atom stereocenters. The van der Waals surface area contributed by atoms with Crippen LogP contribution < -0.4 is 9.50 Å². The van der Waals surface area contributed by atoms with Gasteiger partial charge in [-0.15, -0.1) is 0 Å². The molecule has 0 radical (unpaired) electrons. The highest BCUT2D eigenvalue weighted by Gasteiger charge is 2.23. The van der Waals surface area contributed by atoms with Crippen LogP contribution in [0.5, 0.6) is 5.75 Å². The van der Waals surface area contributed by atoms with Crippen molar-refractivity contribution in [1.29, 1.82) is 0 Å². The van der Waals surface area contributed by atoms with Crippen molar-refractivity contribution in [3.05, 3.63) is 58.6 Å². The lowest BCUT2D eigenvalue weighted by Gasteiger charge is -2.26. The number of nitrogens with one attached hydrogen (secondary N) is 1. The summed E-state index contributed by atoms with van der Waals surface area (Å²) in [5.41, 5.74) is 1.37. The Morgan fingerprint density at radius 2 is 1.74 bits per heavy atom. The Morgan fingerprint density at radius 3 is 2.29 bits per heavy atom. The van der Waals surface area contributed by atoms with Gasteiger partial charge < -0.3 is 19.3 Å². The van der Waals surface area contributed by atoms with Gasteiger partial charge in [0.15, 0.2) is 0 Å². The number of carbonyl (C=O) groups is 1. The van der Waals surface area contributed by atoms with Crippen LogP contribution in [0, 0.1) is 6.92 Å². The van der Waals surface area contributed by atoms with E-state index in [4.69, 9.17) is 15.8 Å². The lowest BCUT2D eigenvalue weighted by atomic mass is 10.2. The zero-order chi connectivity index (χ0) is 23.2. The molecule has 31 heavy (non-hydrogen) atoms.